The third kappa shape index (κ3) is 4.47. The van der Waals surface area contributed by atoms with E-state index in [4.69, 9.17) is 5.10 Å². The zero-order valence-corrected chi connectivity index (χ0v) is 18.1. The molecule has 0 saturated heterocycles. The summed E-state index contributed by atoms with van der Waals surface area (Å²) < 4.78 is 1.98. The van der Waals surface area contributed by atoms with Gasteiger partial charge in [-0.1, -0.05) is 41.5 Å². The van der Waals surface area contributed by atoms with Crippen LogP contribution in [0.25, 0.3) is 16.9 Å². The van der Waals surface area contributed by atoms with Crippen LogP contribution in [0.15, 0.2) is 60.1 Å². The minimum atomic E-state index is 0.188. The van der Waals surface area contributed by atoms with Gasteiger partial charge < -0.3 is 5.32 Å². The van der Waals surface area contributed by atoms with E-state index in [9.17, 15) is 0 Å². The third-order valence-corrected chi connectivity index (χ3v) is 5.85. The fraction of sp³-hybridized carbons (Fsp3) is 0.250. The first-order valence-corrected chi connectivity index (χ1v) is 10.8. The maximum atomic E-state index is 4.94. The first kappa shape index (κ1) is 19.6. The van der Waals surface area contributed by atoms with E-state index >= 15 is 0 Å². The van der Waals surface area contributed by atoms with Crippen molar-refractivity contribution in [2.24, 2.45) is 0 Å². The highest BCUT2D eigenvalue weighted by Crippen LogP contribution is 2.26. The fourth-order valence-corrected chi connectivity index (χ4v) is 4.06. The number of thiazole rings is 1. The molecule has 0 aliphatic rings. The van der Waals surface area contributed by atoms with Crippen molar-refractivity contribution in [3.8, 4) is 16.9 Å². The zero-order valence-electron chi connectivity index (χ0n) is 17.3. The molecule has 29 heavy (non-hydrogen) atoms. The van der Waals surface area contributed by atoms with Crippen LogP contribution in [0.2, 0.25) is 0 Å². The number of aromatic nitrogens is 3. The van der Waals surface area contributed by atoms with E-state index in [1.807, 2.05) is 11.6 Å². The highest BCUT2D eigenvalue weighted by atomic mass is 32.1. The molecule has 4 aromatic rings. The molecule has 2 aromatic carbocycles. The monoisotopic (exact) mass is 402 g/mol. The molecule has 0 saturated carbocycles. The Morgan fingerprint density at radius 1 is 1.03 bits per heavy atom. The maximum Gasteiger partial charge on any atom is 0.0972 e. The molecule has 0 fully saturated rings. The van der Waals surface area contributed by atoms with E-state index in [1.54, 1.807) is 11.3 Å². The number of benzene rings is 2. The summed E-state index contributed by atoms with van der Waals surface area (Å²) >= 11 is 1.69. The molecule has 148 valence electrons. The number of rotatable bonds is 6. The molecule has 5 heteroatoms. The van der Waals surface area contributed by atoms with Gasteiger partial charge in [-0.05, 0) is 45.9 Å². The quantitative estimate of drug-likeness (QED) is 0.445. The summed E-state index contributed by atoms with van der Waals surface area (Å²) in [5.41, 5.74) is 7.98. The lowest BCUT2D eigenvalue weighted by molar-refractivity contribution is 0.564. The fourth-order valence-electron chi connectivity index (χ4n) is 3.35. The summed E-state index contributed by atoms with van der Waals surface area (Å²) in [5.74, 6) is 0. The van der Waals surface area contributed by atoms with E-state index in [0.29, 0.717) is 0 Å². The van der Waals surface area contributed by atoms with E-state index < -0.39 is 0 Å². The van der Waals surface area contributed by atoms with Crippen LogP contribution in [0.5, 0.6) is 0 Å². The highest BCUT2D eigenvalue weighted by Gasteiger charge is 2.15. The second-order valence-electron chi connectivity index (χ2n) is 7.55. The van der Waals surface area contributed by atoms with Crippen LogP contribution < -0.4 is 5.32 Å². The lowest BCUT2D eigenvalue weighted by Gasteiger charge is -2.11. The molecule has 4 rings (SSSR count). The summed E-state index contributed by atoms with van der Waals surface area (Å²) in [7, 11) is 0. The second kappa shape index (κ2) is 8.31. The summed E-state index contributed by atoms with van der Waals surface area (Å²) in [6, 6.07) is 17.2. The highest BCUT2D eigenvalue weighted by molar-refractivity contribution is 7.09. The summed E-state index contributed by atoms with van der Waals surface area (Å²) in [6.45, 7) is 9.15. The standard InChI is InChI=1S/C24H26N4S/c1-16-8-10-22(11-9-16)28-14-21(13-25-18(3)23-15-29-19(4)26-23)24(27-28)20-7-5-6-17(2)12-20/h5-12,14-15,18,25H,13H2,1-4H3. The number of nitrogens with one attached hydrogen (secondary N) is 1. The van der Waals surface area contributed by atoms with Crippen molar-refractivity contribution in [1.82, 2.24) is 20.1 Å². The maximum absolute atomic E-state index is 4.94. The van der Waals surface area contributed by atoms with E-state index in [0.717, 1.165) is 34.2 Å². The van der Waals surface area contributed by atoms with Gasteiger partial charge in [0, 0.05) is 35.3 Å². The number of hydrogen-bond acceptors (Lipinski definition) is 4. The average molecular weight is 403 g/mol. The van der Waals surface area contributed by atoms with Crippen LogP contribution >= 0.6 is 11.3 Å². The third-order valence-electron chi connectivity index (χ3n) is 5.06. The molecule has 1 N–H and O–H groups in total. The molecule has 1 atom stereocenters. The molecule has 0 radical (unpaired) electrons. The molecule has 0 amide bonds. The Hall–Kier alpha value is -2.76. The van der Waals surface area contributed by atoms with Gasteiger partial charge in [0.1, 0.15) is 0 Å². The SMILES string of the molecule is Cc1ccc(-n2cc(CNC(C)c3csc(C)n3)c(-c3cccc(C)c3)n2)cc1. The molecule has 0 aliphatic carbocycles. The van der Waals surface area contributed by atoms with Crippen molar-refractivity contribution in [2.45, 2.75) is 40.3 Å². The van der Waals surface area contributed by atoms with Crippen molar-refractivity contribution in [1.29, 1.82) is 0 Å². The Morgan fingerprint density at radius 2 is 1.83 bits per heavy atom. The smallest absolute Gasteiger partial charge is 0.0972 e. The molecule has 1 unspecified atom stereocenters. The predicted molar refractivity (Wildman–Crippen MR) is 121 cm³/mol. The lowest BCUT2D eigenvalue weighted by Crippen LogP contribution is -2.18. The molecule has 0 spiro atoms. The zero-order chi connectivity index (χ0) is 20.4. The summed E-state index contributed by atoms with van der Waals surface area (Å²) in [6.07, 6.45) is 2.13. The Kier molecular flexibility index (Phi) is 5.60. The van der Waals surface area contributed by atoms with Crippen LogP contribution in [0.3, 0.4) is 0 Å². The van der Waals surface area contributed by atoms with Gasteiger partial charge >= 0.3 is 0 Å². The average Bonchev–Trinajstić information content (AvgIpc) is 3.33. The molecule has 2 heterocycles. The topological polar surface area (TPSA) is 42.7 Å². The molecular weight excluding hydrogens is 376 g/mol. The van der Waals surface area contributed by atoms with Crippen molar-refractivity contribution >= 4 is 11.3 Å². The van der Waals surface area contributed by atoms with E-state index in [-0.39, 0.29) is 6.04 Å². The first-order valence-electron chi connectivity index (χ1n) is 9.87. The molecular formula is C24H26N4S. The number of nitrogens with zero attached hydrogens (tertiary/aromatic N) is 3. The number of aryl methyl sites for hydroxylation is 3. The Morgan fingerprint density at radius 3 is 2.52 bits per heavy atom. The van der Waals surface area contributed by atoms with Crippen LogP contribution in [-0.2, 0) is 6.54 Å². The van der Waals surface area contributed by atoms with Gasteiger partial charge in [0.05, 0.1) is 22.1 Å². The Labute approximate surface area is 176 Å². The van der Waals surface area contributed by atoms with Gasteiger partial charge in [0.15, 0.2) is 0 Å². The van der Waals surface area contributed by atoms with Gasteiger partial charge in [-0.15, -0.1) is 11.3 Å². The number of hydrogen-bond donors (Lipinski definition) is 1. The lowest BCUT2D eigenvalue weighted by atomic mass is 10.1. The molecule has 0 bridgehead atoms. The largest absolute Gasteiger partial charge is 0.305 e. The summed E-state index contributed by atoms with van der Waals surface area (Å²) in [4.78, 5) is 4.61. The van der Waals surface area contributed by atoms with Gasteiger partial charge in [-0.25, -0.2) is 9.67 Å². The van der Waals surface area contributed by atoms with E-state index in [1.165, 1.54) is 16.7 Å². The van der Waals surface area contributed by atoms with Crippen molar-refractivity contribution in [3.63, 3.8) is 0 Å². The predicted octanol–water partition coefficient (Wildman–Crippen LogP) is 5.77. The Bertz CT molecular complexity index is 1110. The van der Waals surface area contributed by atoms with Crippen molar-refractivity contribution in [2.75, 3.05) is 0 Å². The van der Waals surface area contributed by atoms with Crippen LogP contribution in [0, 0.1) is 20.8 Å². The summed E-state index contributed by atoms with van der Waals surface area (Å²) in [5, 5.41) is 11.8. The normalized spacial score (nSPS) is 12.3. The van der Waals surface area contributed by atoms with Gasteiger partial charge in [0.2, 0.25) is 0 Å². The van der Waals surface area contributed by atoms with E-state index in [2.05, 4.69) is 91.2 Å². The van der Waals surface area contributed by atoms with Gasteiger partial charge in [-0.2, -0.15) is 5.10 Å². The molecule has 0 aliphatic heterocycles. The molecule has 4 nitrogen and oxygen atoms in total. The van der Waals surface area contributed by atoms with Crippen LogP contribution in [0.4, 0.5) is 0 Å². The van der Waals surface area contributed by atoms with Gasteiger partial charge in [-0.3, -0.25) is 0 Å². The minimum absolute atomic E-state index is 0.188. The first-order chi connectivity index (χ1) is 14.0. The van der Waals surface area contributed by atoms with Crippen LogP contribution in [-0.4, -0.2) is 14.8 Å². The second-order valence-corrected chi connectivity index (χ2v) is 8.61. The van der Waals surface area contributed by atoms with Crippen molar-refractivity contribution < 1.29 is 0 Å². The van der Waals surface area contributed by atoms with Gasteiger partial charge in [0.25, 0.3) is 0 Å². The Balaban J connectivity index is 1.66. The van der Waals surface area contributed by atoms with Crippen molar-refractivity contribution in [3.05, 3.63) is 87.5 Å². The molecule has 2 aromatic heterocycles. The van der Waals surface area contributed by atoms with Crippen LogP contribution in [0.1, 0.15) is 40.4 Å². The minimum Gasteiger partial charge on any atom is -0.305 e.